The average Bonchev–Trinajstić information content (AvgIpc) is 3.46. The van der Waals surface area contributed by atoms with Gasteiger partial charge in [-0.15, -0.1) is 0 Å². The molecule has 12 atom stereocenters. The summed E-state index contributed by atoms with van der Waals surface area (Å²) in [7, 11) is 0. The van der Waals surface area contributed by atoms with E-state index in [1.165, 1.54) is 205 Å². The van der Waals surface area contributed by atoms with Crippen LogP contribution in [0.1, 0.15) is 284 Å². The third-order valence-corrected chi connectivity index (χ3v) is 16.3. The molecular weight excluding hydrogens is 1010 g/mol. The highest BCUT2D eigenvalue weighted by Crippen LogP contribution is 2.30. The summed E-state index contributed by atoms with van der Waals surface area (Å²) in [6.07, 6.45) is 48.1. The number of carbonyl (C=O) groups is 1. The number of rotatable bonds is 54. The first kappa shape index (κ1) is 74.3. The van der Waals surface area contributed by atoms with Crippen molar-refractivity contribution in [2.45, 2.75) is 357 Å². The Morgan fingerprint density at radius 1 is 0.438 bits per heavy atom. The Kier molecular flexibility index (Phi) is 47.9. The van der Waals surface area contributed by atoms with Gasteiger partial charge in [-0.2, -0.15) is 0 Å². The summed E-state index contributed by atoms with van der Waals surface area (Å²) in [6.45, 7) is 2.74. The van der Waals surface area contributed by atoms with Crippen LogP contribution < -0.4 is 5.32 Å². The molecule has 2 aliphatic heterocycles. The predicted molar refractivity (Wildman–Crippen MR) is 323 cm³/mol. The molecule has 2 aliphatic rings. The molecule has 0 aromatic heterocycles. The molecule has 80 heavy (non-hydrogen) atoms. The maximum atomic E-state index is 13.3. The van der Waals surface area contributed by atoms with Crippen LogP contribution in [0.5, 0.6) is 0 Å². The van der Waals surface area contributed by atoms with Crippen molar-refractivity contribution >= 4 is 5.91 Å². The lowest BCUT2D eigenvalue weighted by atomic mass is 9.97. The zero-order valence-electron chi connectivity index (χ0n) is 50.8. The smallest absolute Gasteiger partial charge is 0.220 e. The maximum Gasteiger partial charge on any atom is 0.220 e. The summed E-state index contributed by atoms with van der Waals surface area (Å²) in [5.41, 5.74) is 0. The van der Waals surface area contributed by atoms with Crippen molar-refractivity contribution in [3.63, 3.8) is 0 Å². The van der Waals surface area contributed by atoms with Crippen molar-refractivity contribution in [2.24, 2.45) is 0 Å². The zero-order valence-corrected chi connectivity index (χ0v) is 50.8. The first-order valence-corrected chi connectivity index (χ1v) is 33.2. The third-order valence-electron chi connectivity index (χ3n) is 16.3. The van der Waals surface area contributed by atoms with Gasteiger partial charge in [-0.3, -0.25) is 4.79 Å². The van der Waals surface area contributed by atoms with Gasteiger partial charge in [-0.05, 0) is 38.5 Å². The Hall–Kier alpha value is -1.79. The predicted octanol–water partition coefficient (Wildman–Crippen LogP) is 12.6. The molecule has 0 aromatic rings. The summed E-state index contributed by atoms with van der Waals surface area (Å²) < 4.78 is 22.7. The van der Waals surface area contributed by atoms with Crippen LogP contribution in [0.2, 0.25) is 0 Å². The number of allylic oxidation sites excluding steroid dienone is 5. The molecular formula is C66H123NO13. The highest BCUT2D eigenvalue weighted by molar-refractivity contribution is 5.76. The minimum Gasteiger partial charge on any atom is -0.394 e. The van der Waals surface area contributed by atoms with Crippen LogP contribution in [0.15, 0.2) is 36.5 Å². The van der Waals surface area contributed by atoms with Crippen LogP contribution >= 0.6 is 0 Å². The molecule has 0 radical (unpaired) electrons. The topological polar surface area (TPSA) is 228 Å². The van der Waals surface area contributed by atoms with E-state index in [0.717, 1.165) is 44.9 Å². The van der Waals surface area contributed by atoms with E-state index in [2.05, 4.69) is 43.5 Å². The summed E-state index contributed by atoms with van der Waals surface area (Å²) in [5, 5.41) is 87.0. The molecule has 470 valence electrons. The van der Waals surface area contributed by atoms with Gasteiger partial charge in [-0.25, -0.2) is 0 Å². The lowest BCUT2D eigenvalue weighted by Gasteiger charge is -2.46. The van der Waals surface area contributed by atoms with Crippen LogP contribution in [-0.4, -0.2) is 140 Å². The van der Waals surface area contributed by atoms with Gasteiger partial charge in [0.15, 0.2) is 12.6 Å². The standard InChI is InChI=1S/C66H123NO13/c1-3-5-7-9-11-13-15-17-18-19-20-21-22-23-24-25-26-27-28-29-30-31-32-33-34-35-36-37-38-40-42-44-46-48-50-58(71)67-54(55(70)49-47-45-43-41-39-16-14-12-10-8-6-4-2)53-77-65-63(76)61(74)64(57(52-69)79-65)80-66-62(75)60(73)59(72)56(51-68)78-66/h10,12,39,41,47,49,54-57,59-66,68-70,72-76H,3-9,11,13-38,40,42-46,48,50-53H2,1-2H3,(H,67,71)/b12-10+,41-39+,49-47+. The monoisotopic (exact) mass is 1140 g/mol. The van der Waals surface area contributed by atoms with Gasteiger partial charge in [0.1, 0.15) is 48.8 Å². The lowest BCUT2D eigenvalue weighted by molar-refractivity contribution is -0.359. The minimum absolute atomic E-state index is 0.250. The van der Waals surface area contributed by atoms with E-state index in [0.29, 0.717) is 12.8 Å². The molecule has 12 unspecified atom stereocenters. The third kappa shape index (κ3) is 36.1. The largest absolute Gasteiger partial charge is 0.394 e. The van der Waals surface area contributed by atoms with Crippen molar-refractivity contribution in [1.29, 1.82) is 0 Å². The first-order valence-electron chi connectivity index (χ1n) is 33.2. The molecule has 0 aromatic carbocycles. The number of hydrogen-bond acceptors (Lipinski definition) is 13. The second-order valence-corrected chi connectivity index (χ2v) is 23.6. The second-order valence-electron chi connectivity index (χ2n) is 23.6. The number of nitrogens with one attached hydrogen (secondary N) is 1. The summed E-state index contributed by atoms with van der Waals surface area (Å²) >= 11 is 0. The van der Waals surface area contributed by atoms with Gasteiger partial charge in [0.05, 0.1) is 32.0 Å². The number of hydrogen-bond donors (Lipinski definition) is 9. The number of aliphatic hydroxyl groups is 8. The van der Waals surface area contributed by atoms with Crippen LogP contribution in [0.3, 0.4) is 0 Å². The summed E-state index contributed by atoms with van der Waals surface area (Å²) in [4.78, 5) is 13.3. The van der Waals surface area contributed by atoms with Gasteiger partial charge < -0.3 is 65.1 Å². The number of unbranched alkanes of at least 4 members (excludes halogenated alkanes) is 37. The fourth-order valence-electron chi connectivity index (χ4n) is 11.0. The van der Waals surface area contributed by atoms with Crippen molar-refractivity contribution in [2.75, 3.05) is 19.8 Å². The molecule has 0 spiro atoms. The van der Waals surface area contributed by atoms with E-state index < -0.39 is 86.8 Å². The van der Waals surface area contributed by atoms with E-state index in [-0.39, 0.29) is 18.9 Å². The van der Waals surface area contributed by atoms with Crippen molar-refractivity contribution in [3.8, 4) is 0 Å². The fourth-order valence-corrected chi connectivity index (χ4v) is 11.0. The molecule has 2 fully saturated rings. The molecule has 14 heteroatoms. The molecule has 2 saturated heterocycles. The Labute approximate surface area is 487 Å². The molecule has 0 saturated carbocycles. The van der Waals surface area contributed by atoms with Crippen LogP contribution in [0.4, 0.5) is 0 Å². The highest BCUT2D eigenvalue weighted by Gasteiger charge is 2.51. The normalized spacial score (nSPS) is 24.4. The first-order chi connectivity index (χ1) is 39.1. The lowest BCUT2D eigenvalue weighted by Crippen LogP contribution is -2.65. The zero-order chi connectivity index (χ0) is 58.1. The SMILES string of the molecule is CCCC/C=C/CC/C=C/CC/C=C/C(O)C(COC1OC(CO)C(OC2OC(CO)C(O)C(O)C2O)C(O)C1O)NC(=O)CCCCCCCCCCCCCCCCCCCCCCCCCCCCCCCCCCCC. The molecule has 14 nitrogen and oxygen atoms in total. The van der Waals surface area contributed by atoms with Crippen LogP contribution in [0.25, 0.3) is 0 Å². The summed E-state index contributed by atoms with van der Waals surface area (Å²) in [5.74, 6) is -0.250. The number of ether oxygens (including phenoxy) is 4. The molecule has 2 heterocycles. The number of amides is 1. The Balaban J connectivity index is 1.59. The second kappa shape index (κ2) is 51.6. The highest BCUT2D eigenvalue weighted by atomic mass is 16.7. The van der Waals surface area contributed by atoms with Crippen molar-refractivity contribution in [1.82, 2.24) is 5.32 Å². The molecule has 0 aliphatic carbocycles. The van der Waals surface area contributed by atoms with Crippen LogP contribution in [-0.2, 0) is 23.7 Å². The maximum absolute atomic E-state index is 13.3. The Morgan fingerprint density at radius 2 is 0.800 bits per heavy atom. The van der Waals surface area contributed by atoms with Gasteiger partial charge >= 0.3 is 0 Å². The molecule has 2 rings (SSSR count). The van der Waals surface area contributed by atoms with Gasteiger partial charge in [-0.1, -0.05) is 275 Å². The van der Waals surface area contributed by atoms with Crippen LogP contribution in [0, 0.1) is 0 Å². The van der Waals surface area contributed by atoms with Crippen molar-refractivity contribution in [3.05, 3.63) is 36.5 Å². The number of aliphatic hydroxyl groups excluding tert-OH is 8. The quantitative estimate of drug-likeness (QED) is 0.0204. The van der Waals surface area contributed by atoms with Crippen molar-refractivity contribution < 1.29 is 64.6 Å². The Morgan fingerprint density at radius 3 is 1.21 bits per heavy atom. The number of carbonyl (C=O) groups excluding carboxylic acids is 1. The van der Waals surface area contributed by atoms with Gasteiger partial charge in [0.25, 0.3) is 0 Å². The fraction of sp³-hybridized carbons (Fsp3) is 0.894. The van der Waals surface area contributed by atoms with E-state index >= 15 is 0 Å². The molecule has 1 amide bonds. The molecule has 9 N–H and O–H groups in total. The summed E-state index contributed by atoms with van der Waals surface area (Å²) in [6, 6.07) is -0.935. The van der Waals surface area contributed by atoms with Gasteiger partial charge in [0.2, 0.25) is 5.91 Å². The van der Waals surface area contributed by atoms with E-state index in [1.54, 1.807) is 6.08 Å². The average molecular weight is 1140 g/mol. The van der Waals surface area contributed by atoms with E-state index in [1.807, 2.05) is 6.08 Å². The Bertz CT molecular complexity index is 1480. The molecule has 0 bridgehead atoms. The van der Waals surface area contributed by atoms with E-state index in [4.69, 9.17) is 18.9 Å². The van der Waals surface area contributed by atoms with Gasteiger partial charge in [0, 0.05) is 6.42 Å². The minimum atomic E-state index is -1.79. The van der Waals surface area contributed by atoms with E-state index in [9.17, 15) is 45.6 Å².